The van der Waals surface area contributed by atoms with E-state index in [1.165, 1.54) is 0 Å². The lowest BCUT2D eigenvalue weighted by Crippen LogP contribution is -1.76. The third kappa shape index (κ3) is 2.50. The van der Waals surface area contributed by atoms with Gasteiger partial charge in [-0.3, -0.25) is 0 Å². The lowest BCUT2D eigenvalue weighted by Gasteiger charge is -1.98. The van der Waals surface area contributed by atoms with Gasteiger partial charge < -0.3 is 4.42 Å². The Labute approximate surface area is 120 Å². The van der Waals surface area contributed by atoms with Crippen LogP contribution in [-0.2, 0) is 0 Å². The van der Waals surface area contributed by atoms with Gasteiger partial charge in [0, 0.05) is 6.08 Å². The molecule has 19 heavy (non-hydrogen) atoms. The molecule has 0 atom stereocenters. The molecule has 0 saturated carbocycles. The number of halogens is 2. The summed E-state index contributed by atoms with van der Waals surface area (Å²) in [5.74, 6) is 0.539. The highest BCUT2D eigenvalue weighted by Crippen LogP contribution is 2.27. The molecule has 2 nitrogen and oxygen atoms in total. The fourth-order valence-electron chi connectivity index (χ4n) is 1.77. The van der Waals surface area contributed by atoms with Gasteiger partial charge in [-0.1, -0.05) is 47.5 Å². The smallest absolute Gasteiger partial charge is 0.220 e. The SMILES string of the molecule is Clc1cccc(/C=C/c2nc3ccccc3o2)c1Cl. The molecule has 0 spiro atoms. The predicted octanol–water partition coefficient (Wildman–Crippen LogP) is 5.31. The first-order chi connectivity index (χ1) is 9.24. The molecule has 2 aromatic carbocycles. The van der Waals surface area contributed by atoms with E-state index < -0.39 is 0 Å². The Morgan fingerprint density at radius 2 is 1.79 bits per heavy atom. The van der Waals surface area contributed by atoms with Crippen molar-refractivity contribution in [1.29, 1.82) is 0 Å². The van der Waals surface area contributed by atoms with E-state index in [9.17, 15) is 0 Å². The predicted molar refractivity (Wildman–Crippen MR) is 79.4 cm³/mol. The molecule has 0 aliphatic carbocycles. The summed E-state index contributed by atoms with van der Waals surface area (Å²) in [6.45, 7) is 0. The lowest BCUT2D eigenvalue weighted by atomic mass is 10.2. The molecule has 0 aliphatic heterocycles. The summed E-state index contributed by atoms with van der Waals surface area (Å²) in [5.41, 5.74) is 2.43. The molecule has 3 aromatic rings. The second-order valence-corrected chi connectivity index (χ2v) is 4.78. The Kier molecular flexibility index (Phi) is 3.28. The second-order valence-electron chi connectivity index (χ2n) is 4.00. The standard InChI is InChI=1S/C15H9Cl2NO/c16-11-5-3-4-10(15(11)17)8-9-14-18-12-6-1-2-7-13(12)19-14/h1-9H/b9-8+. The first-order valence-corrected chi connectivity index (χ1v) is 6.47. The molecule has 0 aliphatic rings. The lowest BCUT2D eigenvalue weighted by molar-refractivity contribution is 0.590. The number of hydrogen-bond donors (Lipinski definition) is 0. The van der Waals surface area contributed by atoms with E-state index in [-0.39, 0.29) is 0 Å². The van der Waals surface area contributed by atoms with Crippen molar-refractivity contribution in [1.82, 2.24) is 4.98 Å². The summed E-state index contributed by atoms with van der Waals surface area (Å²) in [5, 5.41) is 1.05. The molecule has 4 heteroatoms. The number of rotatable bonds is 2. The average Bonchev–Trinajstić information content (AvgIpc) is 2.83. The molecule has 0 amide bonds. The molecule has 0 saturated heterocycles. The van der Waals surface area contributed by atoms with Crippen molar-refractivity contribution in [3.63, 3.8) is 0 Å². The molecule has 94 valence electrons. The van der Waals surface area contributed by atoms with Crippen LogP contribution in [0.1, 0.15) is 11.5 Å². The van der Waals surface area contributed by atoms with E-state index in [4.69, 9.17) is 27.6 Å². The topological polar surface area (TPSA) is 26.0 Å². The Bertz CT molecular complexity index is 729. The summed E-state index contributed by atoms with van der Waals surface area (Å²) in [6.07, 6.45) is 3.61. The van der Waals surface area contributed by atoms with Crippen molar-refractivity contribution in [2.45, 2.75) is 0 Å². The molecular formula is C15H9Cl2NO. The minimum Gasteiger partial charge on any atom is -0.437 e. The maximum atomic E-state index is 6.10. The van der Waals surface area contributed by atoms with Crippen molar-refractivity contribution < 1.29 is 4.42 Å². The Balaban J connectivity index is 1.96. The van der Waals surface area contributed by atoms with Crippen LogP contribution >= 0.6 is 23.2 Å². The van der Waals surface area contributed by atoms with E-state index in [1.54, 1.807) is 12.1 Å². The van der Waals surface area contributed by atoms with E-state index in [0.29, 0.717) is 15.9 Å². The maximum absolute atomic E-state index is 6.10. The van der Waals surface area contributed by atoms with Crippen LogP contribution in [0.15, 0.2) is 46.9 Å². The van der Waals surface area contributed by atoms with Gasteiger partial charge in [-0.25, -0.2) is 4.98 Å². The minimum absolute atomic E-state index is 0.525. The van der Waals surface area contributed by atoms with Crippen LogP contribution in [-0.4, -0.2) is 4.98 Å². The van der Waals surface area contributed by atoms with Crippen molar-refractivity contribution in [3.8, 4) is 0 Å². The molecule has 3 rings (SSSR count). The summed E-state index contributed by atoms with van der Waals surface area (Å²) >= 11 is 12.1. The average molecular weight is 290 g/mol. The van der Waals surface area contributed by atoms with Gasteiger partial charge in [0.25, 0.3) is 0 Å². The number of oxazole rings is 1. The third-order valence-corrected chi connectivity index (χ3v) is 3.53. The van der Waals surface area contributed by atoms with Crippen LogP contribution in [0.3, 0.4) is 0 Å². The molecule has 0 fully saturated rings. The summed E-state index contributed by atoms with van der Waals surface area (Å²) in [4.78, 5) is 4.35. The van der Waals surface area contributed by atoms with E-state index >= 15 is 0 Å². The van der Waals surface area contributed by atoms with Gasteiger partial charge in [-0.15, -0.1) is 0 Å². The number of hydrogen-bond acceptors (Lipinski definition) is 2. The van der Waals surface area contributed by atoms with Crippen molar-refractivity contribution in [3.05, 3.63) is 64.0 Å². The van der Waals surface area contributed by atoms with Crippen LogP contribution < -0.4 is 0 Å². The third-order valence-electron chi connectivity index (χ3n) is 2.70. The Hall–Kier alpha value is -1.77. The van der Waals surface area contributed by atoms with Gasteiger partial charge in [0.15, 0.2) is 5.58 Å². The molecule has 1 aromatic heterocycles. The summed E-state index contributed by atoms with van der Waals surface area (Å²) in [7, 11) is 0. The van der Waals surface area contributed by atoms with Crippen LogP contribution in [0, 0.1) is 0 Å². The quantitative estimate of drug-likeness (QED) is 0.639. The molecule has 0 bridgehead atoms. The molecule has 1 heterocycles. The number of aromatic nitrogens is 1. The fourth-order valence-corrected chi connectivity index (χ4v) is 2.14. The zero-order valence-electron chi connectivity index (χ0n) is 9.81. The maximum Gasteiger partial charge on any atom is 0.220 e. The highest BCUT2D eigenvalue weighted by atomic mass is 35.5. The normalized spacial score (nSPS) is 11.5. The first-order valence-electron chi connectivity index (χ1n) is 5.72. The molecule has 0 radical (unpaired) electrons. The Morgan fingerprint density at radius 1 is 0.947 bits per heavy atom. The van der Waals surface area contributed by atoms with Crippen LogP contribution in [0.2, 0.25) is 10.0 Å². The molecular weight excluding hydrogens is 281 g/mol. The van der Waals surface area contributed by atoms with Gasteiger partial charge in [-0.05, 0) is 29.8 Å². The van der Waals surface area contributed by atoms with Gasteiger partial charge >= 0.3 is 0 Å². The van der Waals surface area contributed by atoms with Gasteiger partial charge in [-0.2, -0.15) is 0 Å². The highest BCUT2D eigenvalue weighted by molar-refractivity contribution is 6.42. The van der Waals surface area contributed by atoms with Crippen molar-refractivity contribution in [2.24, 2.45) is 0 Å². The number of fused-ring (bicyclic) bond motifs is 1. The monoisotopic (exact) mass is 289 g/mol. The van der Waals surface area contributed by atoms with E-state index in [1.807, 2.05) is 42.5 Å². The number of nitrogens with zero attached hydrogens (tertiary/aromatic N) is 1. The zero-order valence-corrected chi connectivity index (χ0v) is 11.3. The molecule has 0 N–H and O–H groups in total. The summed E-state index contributed by atoms with van der Waals surface area (Å²) in [6, 6.07) is 13.1. The van der Waals surface area contributed by atoms with Crippen LogP contribution in [0.5, 0.6) is 0 Å². The minimum atomic E-state index is 0.525. The summed E-state index contributed by atoms with van der Waals surface area (Å²) < 4.78 is 5.59. The largest absolute Gasteiger partial charge is 0.437 e. The highest BCUT2D eigenvalue weighted by Gasteiger charge is 2.03. The zero-order chi connectivity index (χ0) is 13.2. The van der Waals surface area contributed by atoms with Crippen LogP contribution in [0.25, 0.3) is 23.3 Å². The van der Waals surface area contributed by atoms with Crippen molar-refractivity contribution >= 4 is 46.5 Å². The Morgan fingerprint density at radius 3 is 2.63 bits per heavy atom. The first kappa shape index (κ1) is 12.3. The van der Waals surface area contributed by atoms with Gasteiger partial charge in [0.2, 0.25) is 5.89 Å². The fraction of sp³-hybridized carbons (Fsp3) is 0. The molecule has 0 unspecified atom stereocenters. The number of benzene rings is 2. The number of para-hydroxylation sites is 2. The second kappa shape index (κ2) is 5.08. The van der Waals surface area contributed by atoms with Gasteiger partial charge in [0.05, 0.1) is 10.0 Å². The van der Waals surface area contributed by atoms with Crippen LogP contribution in [0.4, 0.5) is 0 Å². The van der Waals surface area contributed by atoms with Gasteiger partial charge in [0.1, 0.15) is 5.52 Å². The van der Waals surface area contributed by atoms with E-state index in [0.717, 1.165) is 16.7 Å². The van der Waals surface area contributed by atoms with Crippen molar-refractivity contribution in [2.75, 3.05) is 0 Å². The van der Waals surface area contributed by atoms with E-state index in [2.05, 4.69) is 4.98 Å².